The topological polar surface area (TPSA) is 62.6 Å². The Morgan fingerprint density at radius 3 is 2.83 bits per heavy atom. The number of furan rings is 1. The van der Waals surface area contributed by atoms with Gasteiger partial charge in [0.25, 0.3) is 5.91 Å². The number of anilines is 1. The van der Waals surface area contributed by atoms with Crippen LogP contribution in [0.25, 0.3) is 0 Å². The highest BCUT2D eigenvalue weighted by Gasteiger charge is 2.29. The monoisotopic (exact) mass is 326 g/mol. The van der Waals surface area contributed by atoms with Crippen LogP contribution >= 0.6 is 0 Å². The molecular weight excluding hydrogens is 304 g/mol. The van der Waals surface area contributed by atoms with Crippen LogP contribution in [-0.4, -0.2) is 29.8 Å². The number of amides is 2. The van der Waals surface area contributed by atoms with Gasteiger partial charge in [-0.25, -0.2) is 0 Å². The number of carbonyl (C=O) groups is 2. The lowest BCUT2D eigenvalue weighted by Crippen LogP contribution is -2.43. The number of piperidine rings is 1. The lowest BCUT2D eigenvalue weighted by atomic mass is 9.96. The molecule has 1 N–H and O–H groups in total. The molecule has 2 heterocycles. The second-order valence-corrected chi connectivity index (χ2v) is 6.41. The van der Waals surface area contributed by atoms with Crippen molar-refractivity contribution in [3.63, 3.8) is 0 Å². The van der Waals surface area contributed by atoms with Crippen LogP contribution in [-0.2, 0) is 4.79 Å². The van der Waals surface area contributed by atoms with E-state index < -0.39 is 0 Å². The van der Waals surface area contributed by atoms with E-state index in [-0.39, 0.29) is 17.7 Å². The minimum absolute atomic E-state index is 0.0200. The van der Waals surface area contributed by atoms with Crippen molar-refractivity contribution in [3.05, 3.63) is 53.5 Å². The standard InChI is InChI=1S/C19H22N2O3/c1-13-5-6-14(2)17(10-13)20-18(22)15-4-3-8-21(11-15)19(23)16-7-9-24-12-16/h5-7,9-10,12,15H,3-4,8,11H2,1-2H3,(H,20,22)/t15-/m0/s1. The first-order valence-electron chi connectivity index (χ1n) is 8.24. The Kier molecular flexibility index (Phi) is 4.69. The molecule has 24 heavy (non-hydrogen) atoms. The summed E-state index contributed by atoms with van der Waals surface area (Å²) in [4.78, 5) is 26.8. The van der Waals surface area contributed by atoms with Gasteiger partial charge in [0, 0.05) is 18.8 Å². The third-order valence-corrected chi connectivity index (χ3v) is 4.50. The van der Waals surface area contributed by atoms with Crippen molar-refractivity contribution in [1.29, 1.82) is 0 Å². The maximum Gasteiger partial charge on any atom is 0.257 e. The van der Waals surface area contributed by atoms with Gasteiger partial charge < -0.3 is 14.6 Å². The molecule has 5 nitrogen and oxygen atoms in total. The zero-order valence-corrected chi connectivity index (χ0v) is 14.0. The number of carbonyl (C=O) groups excluding carboxylic acids is 2. The molecule has 2 aromatic rings. The smallest absolute Gasteiger partial charge is 0.257 e. The van der Waals surface area contributed by atoms with E-state index in [1.54, 1.807) is 11.0 Å². The van der Waals surface area contributed by atoms with Gasteiger partial charge in [0.15, 0.2) is 0 Å². The summed E-state index contributed by atoms with van der Waals surface area (Å²) in [6, 6.07) is 7.66. The van der Waals surface area contributed by atoms with E-state index in [1.165, 1.54) is 12.5 Å². The van der Waals surface area contributed by atoms with Gasteiger partial charge in [-0.2, -0.15) is 0 Å². The van der Waals surface area contributed by atoms with Crippen molar-refractivity contribution in [2.75, 3.05) is 18.4 Å². The molecule has 0 spiro atoms. The highest BCUT2D eigenvalue weighted by Crippen LogP contribution is 2.22. The summed E-state index contributed by atoms with van der Waals surface area (Å²) < 4.78 is 4.98. The van der Waals surface area contributed by atoms with Gasteiger partial charge in [-0.15, -0.1) is 0 Å². The van der Waals surface area contributed by atoms with Crippen molar-refractivity contribution in [2.24, 2.45) is 5.92 Å². The van der Waals surface area contributed by atoms with Crippen LogP contribution in [0.4, 0.5) is 5.69 Å². The number of nitrogens with zero attached hydrogens (tertiary/aromatic N) is 1. The molecule has 0 radical (unpaired) electrons. The number of rotatable bonds is 3. The Balaban J connectivity index is 1.67. The maximum absolute atomic E-state index is 12.6. The van der Waals surface area contributed by atoms with Crippen molar-refractivity contribution >= 4 is 17.5 Å². The summed E-state index contributed by atoms with van der Waals surface area (Å²) in [5.41, 5.74) is 3.52. The lowest BCUT2D eigenvalue weighted by Gasteiger charge is -2.32. The molecule has 0 bridgehead atoms. The minimum Gasteiger partial charge on any atom is -0.472 e. The fraction of sp³-hybridized carbons (Fsp3) is 0.368. The van der Waals surface area contributed by atoms with Crippen LogP contribution in [0.3, 0.4) is 0 Å². The van der Waals surface area contributed by atoms with Crippen molar-refractivity contribution in [3.8, 4) is 0 Å². The van der Waals surface area contributed by atoms with Crippen LogP contribution < -0.4 is 5.32 Å². The number of hydrogen-bond acceptors (Lipinski definition) is 3. The molecule has 126 valence electrons. The van der Waals surface area contributed by atoms with E-state index in [2.05, 4.69) is 5.32 Å². The van der Waals surface area contributed by atoms with E-state index in [1.807, 2.05) is 32.0 Å². The van der Waals surface area contributed by atoms with Crippen LogP contribution in [0, 0.1) is 19.8 Å². The van der Waals surface area contributed by atoms with Gasteiger partial charge in [0.1, 0.15) is 6.26 Å². The van der Waals surface area contributed by atoms with Gasteiger partial charge >= 0.3 is 0 Å². The highest BCUT2D eigenvalue weighted by molar-refractivity contribution is 5.96. The second kappa shape index (κ2) is 6.91. The van der Waals surface area contributed by atoms with Crippen molar-refractivity contribution in [2.45, 2.75) is 26.7 Å². The summed E-state index contributed by atoms with van der Waals surface area (Å²) in [5, 5.41) is 3.02. The molecule has 0 saturated carbocycles. The fourth-order valence-electron chi connectivity index (χ4n) is 3.05. The average Bonchev–Trinajstić information content (AvgIpc) is 3.12. The minimum atomic E-state index is -0.186. The Labute approximate surface area is 141 Å². The third kappa shape index (κ3) is 3.50. The molecule has 5 heteroatoms. The maximum atomic E-state index is 12.6. The van der Waals surface area contributed by atoms with Crippen LogP contribution in [0.5, 0.6) is 0 Å². The van der Waals surface area contributed by atoms with Crippen LogP contribution in [0.15, 0.2) is 41.2 Å². The number of likely N-dealkylation sites (tertiary alicyclic amines) is 1. The first-order chi connectivity index (χ1) is 11.5. The summed E-state index contributed by atoms with van der Waals surface area (Å²) in [7, 11) is 0. The zero-order chi connectivity index (χ0) is 17.1. The van der Waals surface area contributed by atoms with Crippen LogP contribution in [0.1, 0.15) is 34.3 Å². The molecule has 0 unspecified atom stereocenters. The normalized spacial score (nSPS) is 17.6. The largest absolute Gasteiger partial charge is 0.472 e. The summed E-state index contributed by atoms with van der Waals surface area (Å²) >= 11 is 0. The van der Waals surface area contributed by atoms with Gasteiger partial charge in [0.2, 0.25) is 5.91 Å². The number of nitrogens with one attached hydrogen (secondary N) is 1. The number of aryl methyl sites for hydroxylation is 2. The summed E-state index contributed by atoms with van der Waals surface area (Å²) in [5.74, 6) is -0.282. The highest BCUT2D eigenvalue weighted by atomic mass is 16.3. The number of benzene rings is 1. The van der Waals surface area contributed by atoms with Crippen LogP contribution in [0.2, 0.25) is 0 Å². The molecule has 3 rings (SSSR count). The van der Waals surface area contributed by atoms with Gasteiger partial charge in [-0.1, -0.05) is 12.1 Å². The zero-order valence-electron chi connectivity index (χ0n) is 14.0. The van der Waals surface area contributed by atoms with E-state index in [4.69, 9.17) is 4.42 Å². The Morgan fingerprint density at radius 2 is 2.08 bits per heavy atom. The summed E-state index contributed by atoms with van der Waals surface area (Å²) in [6.45, 7) is 5.10. The van der Waals surface area contributed by atoms with Crippen molar-refractivity contribution in [1.82, 2.24) is 4.90 Å². The molecule has 1 aliphatic heterocycles. The van der Waals surface area contributed by atoms with E-state index in [0.29, 0.717) is 18.7 Å². The molecule has 2 amide bonds. The van der Waals surface area contributed by atoms with Gasteiger partial charge in [-0.3, -0.25) is 9.59 Å². The predicted octanol–water partition coefficient (Wildman–Crippen LogP) is 3.39. The molecule has 1 fully saturated rings. The molecular formula is C19H22N2O3. The molecule has 1 aliphatic rings. The van der Waals surface area contributed by atoms with E-state index >= 15 is 0 Å². The summed E-state index contributed by atoms with van der Waals surface area (Å²) in [6.07, 6.45) is 4.56. The molecule has 1 aromatic carbocycles. The first kappa shape index (κ1) is 16.3. The van der Waals surface area contributed by atoms with Gasteiger partial charge in [0.05, 0.1) is 17.7 Å². The average molecular weight is 326 g/mol. The predicted molar refractivity (Wildman–Crippen MR) is 91.9 cm³/mol. The quantitative estimate of drug-likeness (QED) is 0.940. The Hall–Kier alpha value is -2.56. The van der Waals surface area contributed by atoms with E-state index in [0.717, 1.165) is 29.7 Å². The Bertz CT molecular complexity index is 737. The molecule has 1 saturated heterocycles. The third-order valence-electron chi connectivity index (χ3n) is 4.50. The Morgan fingerprint density at radius 1 is 1.25 bits per heavy atom. The lowest BCUT2D eigenvalue weighted by molar-refractivity contribution is -0.121. The van der Waals surface area contributed by atoms with Gasteiger partial charge in [-0.05, 0) is 49.9 Å². The second-order valence-electron chi connectivity index (χ2n) is 6.41. The van der Waals surface area contributed by atoms with Crippen molar-refractivity contribution < 1.29 is 14.0 Å². The van der Waals surface area contributed by atoms with E-state index in [9.17, 15) is 9.59 Å². The SMILES string of the molecule is Cc1ccc(C)c(NC(=O)[C@H]2CCCN(C(=O)c3ccoc3)C2)c1. The molecule has 0 aliphatic carbocycles. The molecule has 1 atom stereocenters. The fourth-order valence-corrected chi connectivity index (χ4v) is 3.05. The first-order valence-corrected chi connectivity index (χ1v) is 8.24. The molecule has 1 aromatic heterocycles. The number of hydrogen-bond donors (Lipinski definition) is 1.